The third-order valence-corrected chi connectivity index (χ3v) is 7.25. The second-order valence-electron chi connectivity index (χ2n) is 9.02. The highest BCUT2D eigenvalue weighted by Crippen LogP contribution is 2.28. The number of esters is 1. The first-order chi connectivity index (χ1) is 19.5. The number of carbonyl (C=O) groups excluding carboxylic acids is 2. The van der Waals surface area contributed by atoms with Crippen LogP contribution < -0.4 is 9.64 Å². The van der Waals surface area contributed by atoms with Crippen LogP contribution in [0.25, 0.3) is 11.0 Å². The van der Waals surface area contributed by atoms with Gasteiger partial charge in [0.05, 0.1) is 28.9 Å². The predicted octanol–water partition coefficient (Wildman–Crippen LogP) is 5.66. The Morgan fingerprint density at radius 2 is 1.88 bits per heavy atom. The van der Waals surface area contributed by atoms with Crippen LogP contribution in [-0.2, 0) is 21.7 Å². The zero-order valence-electron chi connectivity index (χ0n) is 22.5. The van der Waals surface area contributed by atoms with Crippen molar-refractivity contribution >= 4 is 39.9 Å². The number of pyridine rings is 1. The summed E-state index contributed by atoms with van der Waals surface area (Å²) in [4.78, 5) is 36.1. The lowest BCUT2D eigenvalue weighted by molar-refractivity contribution is -0.153. The number of rotatable bonds is 9. The number of hydrogen-bond donors (Lipinski definition) is 0. The van der Waals surface area contributed by atoms with Crippen molar-refractivity contribution in [3.05, 3.63) is 77.6 Å². The van der Waals surface area contributed by atoms with Gasteiger partial charge in [-0.15, -0.1) is 0 Å². The Morgan fingerprint density at radius 3 is 2.61 bits per heavy atom. The summed E-state index contributed by atoms with van der Waals surface area (Å²) in [6, 6.07) is 13.8. The molecule has 2 aromatic carbocycles. The van der Waals surface area contributed by atoms with Crippen LogP contribution in [0.5, 0.6) is 5.75 Å². The molecule has 0 fully saturated rings. The maximum absolute atomic E-state index is 13.8. The summed E-state index contributed by atoms with van der Waals surface area (Å²) in [5.74, 6) is -0.784. The standard InChI is InChI=1S/C28H27F3N4O5S/c1-4-14-39-25(36)19-8-7-9-20(15-19)34(3)27(37)35-23-11-6-5-10-21(23)33-26(35)41(38)16-22-18(2)24(12-13-32-22)40-17-28(29,30)31/h5-13,15H,4,14,16-17H2,1-3H3. The van der Waals surface area contributed by atoms with Crippen molar-refractivity contribution in [3.8, 4) is 5.75 Å². The molecule has 9 nitrogen and oxygen atoms in total. The van der Waals surface area contributed by atoms with E-state index in [0.29, 0.717) is 28.7 Å². The number of para-hydroxylation sites is 2. The van der Waals surface area contributed by atoms with E-state index in [0.717, 1.165) is 0 Å². The van der Waals surface area contributed by atoms with E-state index in [1.165, 1.54) is 41.8 Å². The van der Waals surface area contributed by atoms with Crippen molar-refractivity contribution < 1.29 is 36.8 Å². The topological polar surface area (TPSA) is 110 Å². The molecular formula is C28H27F3N4O5S. The Labute approximate surface area is 237 Å². The van der Waals surface area contributed by atoms with E-state index in [2.05, 4.69) is 9.97 Å². The normalized spacial score (nSPS) is 12.3. The molecule has 1 unspecified atom stereocenters. The highest BCUT2D eigenvalue weighted by atomic mass is 32.2. The zero-order chi connectivity index (χ0) is 29.7. The second kappa shape index (κ2) is 12.6. The molecule has 2 aromatic heterocycles. The Morgan fingerprint density at radius 1 is 1.12 bits per heavy atom. The lowest BCUT2D eigenvalue weighted by Gasteiger charge is -2.20. The van der Waals surface area contributed by atoms with Crippen LogP contribution in [0.2, 0.25) is 0 Å². The van der Waals surface area contributed by atoms with Gasteiger partial charge in [0.25, 0.3) is 0 Å². The summed E-state index contributed by atoms with van der Waals surface area (Å²) in [5, 5.41) is -0.0654. The summed E-state index contributed by atoms with van der Waals surface area (Å²) in [6.07, 6.45) is -2.59. The molecule has 0 bridgehead atoms. The van der Waals surface area contributed by atoms with Gasteiger partial charge in [0.15, 0.2) is 12.4 Å². The molecule has 0 aliphatic heterocycles. The van der Waals surface area contributed by atoms with Gasteiger partial charge in [-0.1, -0.05) is 25.1 Å². The van der Waals surface area contributed by atoms with Gasteiger partial charge >= 0.3 is 23.3 Å². The minimum atomic E-state index is -4.52. The van der Waals surface area contributed by atoms with Crippen molar-refractivity contribution in [2.45, 2.75) is 37.4 Å². The number of alkyl halides is 3. The van der Waals surface area contributed by atoms with Crippen LogP contribution >= 0.6 is 0 Å². The molecule has 0 N–H and O–H groups in total. The van der Waals surface area contributed by atoms with Crippen LogP contribution in [0.4, 0.5) is 23.7 Å². The highest BCUT2D eigenvalue weighted by Gasteiger charge is 2.31. The molecule has 216 valence electrons. The Balaban J connectivity index is 1.65. The maximum Gasteiger partial charge on any atom is 0.422 e. The van der Waals surface area contributed by atoms with Gasteiger partial charge in [-0.3, -0.25) is 9.88 Å². The van der Waals surface area contributed by atoms with E-state index in [4.69, 9.17) is 9.47 Å². The Hall–Kier alpha value is -4.10. The van der Waals surface area contributed by atoms with Gasteiger partial charge in [-0.2, -0.15) is 18.2 Å². The smallest absolute Gasteiger partial charge is 0.422 e. The SMILES string of the molecule is CCCOC(=O)c1cccc(N(C)C(=O)n2c([S+]([O-])Cc3nccc(OCC(F)(F)F)c3C)nc3ccccc32)c1. The number of amides is 1. The molecule has 1 amide bonds. The molecule has 0 aliphatic carbocycles. The van der Waals surface area contributed by atoms with E-state index in [1.54, 1.807) is 42.5 Å². The van der Waals surface area contributed by atoms with Crippen LogP contribution in [0.15, 0.2) is 66.0 Å². The van der Waals surface area contributed by atoms with Crippen molar-refractivity contribution in [1.29, 1.82) is 0 Å². The molecule has 0 radical (unpaired) electrons. The zero-order valence-corrected chi connectivity index (χ0v) is 23.3. The first-order valence-corrected chi connectivity index (χ1v) is 13.9. The molecular weight excluding hydrogens is 561 g/mol. The van der Waals surface area contributed by atoms with Gasteiger partial charge in [-0.05, 0) is 49.7 Å². The van der Waals surface area contributed by atoms with Crippen molar-refractivity contribution in [2.75, 3.05) is 25.2 Å². The molecule has 4 aromatic rings. The van der Waals surface area contributed by atoms with E-state index in [1.807, 2.05) is 6.92 Å². The predicted molar refractivity (Wildman–Crippen MR) is 147 cm³/mol. The summed E-state index contributed by atoms with van der Waals surface area (Å²) in [7, 11) is 1.51. The number of carbonyl (C=O) groups is 2. The van der Waals surface area contributed by atoms with Crippen molar-refractivity contribution in [2.24, 2.45) is 0 Å². The number of nitrogens with zero attached hydrogens (tertiary/aromatic N) is 4. The lowest BCUT2D eigenvalue weighted by atomic mass is 10.2. The highest BCUT2D eigenvalue weighted by molar-refractivity contribution is 7.90. The quantitative estimate of drug-likeness (QED) is 0.183. The van der Waals surface area contributed by atoms with Crippen LogP contribution in [0.3, 0.4) is 0 Å². The number of halogens is 3. The fraction of sp³-hybridized carbons (Fsp3) is 0.286. The van der Waals surface area contributed by atoms with E-state index in [9.17, 15) is 27.3 Å². The lowest BCUT2D eigenvalue weighted by Crippen LogP contribution is -2.33. The average Bonchev–Trinajstić information content (AvgIpc) is 3.35. The van der Waals surface area contributed by atoms with Crippen LogP contribution in [-0.4, -0.2) is 57.5 Å². The van der Waals surface area contributed by atoms with Gasteiger partial charge in [0.1, 0.15) is 5.75 Å². The van der Waals surface area contributed by atoms with Crippen molar-refractivity contribution in [1.82, 2.24) is 14.5 Å². The molecule has 2 heterocycles. The van der Waals surface area contributed by atoms with Gasteiger partial charge < -0.3 is 14.0 Å². The molecule has 41 heavy (non-hydrogen) atoms. The van der Waals surface area contributed by atoms with E-state index < -0.39 is 36.0 Å². The number of aromatic nitrogens is 3. The van der Waals surface area contributed by atoms with Crippen LogP contribution in [0.1, 0.15) is 35.0 Å². The van der Waals surface area contributed by atoms with E-state index in [-0.39, 0.29) is 34.5 Å². The monoisotopic (exact) mass is 588 g/mol. The number of fused-ring (bicyclic) bond motifs is 1. The molecule has 0 aliphatic rings. The molecule has 1 atom stereocenters. The van der Waals surface area contributed by atoms with Gasteiger partial charge in [-0.25, -0.2) is 14.2 Å². The Bertz CT molecular complexity index is 1560. The largest absolute Gasteiger partial charge is 0.609 e. The number of anilines is 1. The molecule has 0 saturated carbocycles. The average molecular weight is 589 g/mol. The molecule has 0 spiro atoms. The first kappa shape index (κ1) is 29.9. The van der Waals surface area contributed by atoms with Gasteiger partial charge in [0, 0.05) is 35.7 Å². The fourth-order valence-corrected chi connectivity index (χ4v) is 5.18. The number of hydrogen-bond acceptors (Lipinski definition) is 7. The Kier molecular flexibility index (Phi) is 9.18. The summed E-state index contributed by atoms with van der Waals surface area (Å²) in [6.45, 7) is 2.18. The maximum atomic E-state index is 13.8. The second-order valence-corrected chi connectivity index (χ2v) is 10.4. The molecule has 0 saturated heterocycles. The summed E-state index contributed by atoms with van der Waals surface area (Å²) >= 11 is -1.94. The van der Waals surface area contributed by atoms with Crippen molar-refractivity contribution in [3.63, 3.8) is 0 Å². The van der Waals surface area contributed by atoms with Crippen LogP contribution in [0, 0.1) is 6.92 Å². The molecule has 4 rings (SSSR count). The number of ether oxygens (including phenoxy) is 2. The number of benzene rings is 2. The van der Waals surface area contributed by atoms with Gasteiger partial charge in [0.2, 0.25) is 0 Å². The first-order valence-electron chi connectivity index (χ1n) is 12.5. The summed E-state index contributed by atoms with van der Waals surface area (Å²) in [5.41, 5.74) is 2.01. The third kappa shape index (κ3) is 6.98. The molecule has 13 heteroatoms. The summed E-state index contributed by atoms with van der Waals surface area (Å²) < 4.78 is 62.9. The van der Waals surface area contributed by atoms with E-state index >= 15 is 0 Å². The third-order valence-electron chi connectivity index (χ3n) is 6.04. The minimum absolute atomic E-state index is 0.0361. The minimum Gasteiger partial charge on any atom is -0.609 e. The number of imidazole rings is 1. The fourth-order valence-electron chi connectivity index (χ4n) is 3.93.